The molecule has 0 saturated heterocycles. The molecule has 1 aromatic rings. The highest BCUT2D eigenvalue weighted by molar-refractivity contribution is 5.91. The summed E-state index contributed by atoms with van der Waals surface area (Å²) < 4.78 is 18.3. The molecule has 3 nitrogen and oxygen atoms in total. The highest BCUT2D eigenvalue weighted by Crippen LogP contribution is 2.24. The molecule has 88 valence electrons. The highest BCUT2D eigenvalue weighted by atomic mass is 19.1. The van der Waals surface area contributed by atoms with E-state index in [1.807, 2.05) is 0 Å². The monoisotopic (exact) mass is 225 g/mol. The van der Waals surface area contributed by atoms with Gasteiger partial charge >= 0.3 is 5.97 Å². The van der Waals surface area contributed by atoms with Gasteiger partial charge in [0.2, 0.25) is 0 Å². The summed E-state index contributed by atoms with van der Waals surface area (Å²) in [5.41, 5.74) is 6.18. The van der Waals surface area contributed by atoms with Crippen LogP contribution < -0.4 is 5.73 Å². The summed E-state index contributed by atoms with van der Waals surface area (Å²) in [4.78, 5) is 11.4. The number of hydrogen-bond donors (Lipinski definition) is 1. The molecule has 0 bridgehead atoms. The van der Waals surface area contributed by atoms with Gasteiger partial charge in [-0.2, -0.15) is 0 Å². The Balaban J connectivity index is 3.39. The second-order valence-corrected chi connectivity index (χ2v) is 4.36. The van der Waals surface area contributed by atoms with E-state index in [2.05, 4.69) is 4.74 Å². The smallest absolute Gasteiger partial charge is 0.338 e. The predicted molar refractivity (Wildman–Crippen MR) is 59.7 cm³/mol. The molecule has 0 aliphatic heterocycles. The van der Waals surface area contributed by atoms with Gasteiger partial charge in [0.1, 0.15) is 5.82 Å². The molecule has 0 heterocycles. The number of carbonyl (C=O) groups excluding carboxylic acids is 1. The van der Waals surface area contributed by atoms with E-state index in [4.69, 9.17) is 5.73 Å². The van der Waals surface area contributed by atoms with Gasteiger partial charge in [-0.25, -0.2) is 9.18 Å². The molecule has 0 atom stereocenters. The molecule has 1 rings (SSSR count). The zero-order chi connectivity index (χ0) is 12.5. The van der Waals surface area contributed by atoms with E-state index in [0.29, 0.717) is 16.7 Å². The summed E-state index contributed by atoms with van der Waals surface area (Å²) >= 11 is 0. The number of benzene rings is 1. The molecular weight excluding hydrogens is 209 g/mol. The first-order valence-corrected chi connectivity index (χ1v) is 4.95. The van der Waals surface area contributed by atoms with Crippen LogP contribution in [0.2, 0.25) is 0 Å². The van der Waals surface area contributed by atoms with Crippen molar-refractivity contribution in [1.82, 2.24) is 0 Å². The number of nitrogens with two attached hydrogens (primary N) is 1. The molecule has 0 fully saturated rings. The Morgan fingerprint density at radius 3 is 2.44 bits per heavy atom. The molecule has 2 N–H and O–H groups in total. The topological polar surface area (TPSA) is 52.3 Å². The Bertz CT molecular complexity index is 422. The van der Waals surface area contributed by atoms with Crippen LogP contribution in [0.15, 0.2) is 12.1 Å². The fourth-order valence-electron chi connectivity index (χ4n) is 1.50. The zero-order valence-corrected chi connectivity index (χ0v) is 9.93. The average molecular weight is 225 g/mol. The van der Waals surface area contributed by atoms with E-state index in [1.54, 1.807) is 20.8 Å². The van der Waals surface area contributed by atoms with Crippen molar-refractivity contribution in [1.29, 1.82) is 0 Å². The van der Waals surface area contributed by atoms with Crippen molar-refractivity contribution in [3.8, 4) is 0 Å². The number of rotatable bonds is 2. The van der Waals surface area contributed by atoms with Gasteiger partial charge in [0.15, 0.2) is 0 Å². The van der Waals surface area contributed by atoms with Gasteiger partial charge in [0.05, 0.1) is 12.7 Å². The standard InChI is InChI=1S/C12H16FNO2/c1-7-5-10(13)9(12(2,3)14)6-8(7)11(15)16-4/h5-6H,14H2,1-4H3. The minimum atomic E-state index is -0.833. The molecule has 0 radical (unpaired) electrons. The molecule has 0 spiro atoms. The van der Waals surface area contributed by atoms with Gasteiger partial charge < -0.3 is 10.5 Å². The number of hydrogen-bond acceptors (Lipinski definition) is 3. The van der Waals surface area contributed by atoms with E-state index in [-0.39, 0.29) is 0 Å². The Labute approximate surface area is 94.4 Å². The summed E-state index contributed by atoms with van der Waals surface area (Å²) in [5.74, 6) is -0.888. The van der Waals surface area contributed by atoms with E-state index in [9.17, 15) is 9.18 Å². The molecule has 16 heavy (non-hydrogen) atoms. The van der Waals surface area contributed by atoms with E-state index in [1.165, 1.54) is 19.2 Å². The van der Waals surface area contributed by atoms with E-state index >= 15 is 0 Å². The Morgan fingerprint density at radius 1 is 1.44 bits per heavy atom. The fourth-order valence-corrected chi connectivity index (χ4v) is 1.50. The Morgan fingerprint density at radius 2 is 2.00 bits per heavy atom. The normalized spacial score (nSPS) is 11.4. The third kappa shape index (κ3) is 2.39. The quantitative estimate of drug-likeness (QED) is 0.784. The third-order valence-electron chi connectivity index (χ3n) is 2.41. The number of esters is 1. The van der Waals surface area contributed by atoms with Gasteiger partial charge in [-0.05, 0) is 38.5 Å². The predicted octanol–water partition coefficient (Wildman–Crippen LogP) is 2.11. The summed E-state index contributed by atoms with van der Waals surface area (Å²) in [6.07, 6.45) is 0. The molecule has 0 aliphatic carbocycles. The van der Waals surface area contributed by atoms with Gasteiger partial charge in [-0.15, -0.1) is 0 Å². The molecule has 0 aromatic heterocycles. The molecule has 1 aromatic carbocycles. The second kappa shape index (κ2) is 4.22. The number of methoxy groups -OCH3 is 1. The van der Waals surface area contributed by atoms with Crippen LogP contribution in [0.1, 0.15) is 35.3 Å². The number of aryl methyl sites for hydroxylation is 1. The van der Waals surface area contributed by atoms with Crippen LogP contribution in [0.4, 0.5) is 4.39 Å². The van der Waals surface area contributed by atoms with E-state index < -0.39 is 17.3 Å². The maximum atomic E-state index is 13.7. The summed E-state index contributed by atoms with van der Waals surface area (Å²) in [6, 6.07) is 2.76. The first-order valence-electron chi connectivity index (χ1n) is 4.95. The summed E-state index contributed by atoms with van der Waals surface area (Å²) in [7, 11) is 1.29. The van der Waals surface area contributed by atoms with Crippen molar-refractivity contribution in [3.63, 3.8) is 0 Å². The van der Waals surface area contributed by atoms with Gasteiger partial charge in [-0.1, -0.05) is 0 Å². The lowest BCUT2D eigenvalue weighted by molar-refractivity contribution is 0.0599. The maximum absolute atomic E-state index is 13.7. The van der Waals surface area contributed by atoms with Crippen molar-refractivity contribution in [2.45, 2.75) is 26.3 Å². The molecule has 0 unspecified atom stereocenters. The lowest BCUT2D eigenvalue weighted by atomic mass is 9.91. The van der Waals surface area contributed by atoms with Gasteiger partial charge in [0.25, 0.3) is 0 Å². The lowest BCUT2D eigenvalue weighted by Gasteiger charge is -2.21. The molecular formula is C12H16FNO2. The molecule has 0 amide bonds. The summed E-state index contributed by atoms with van der Waals surface area (Å²) in [6.45, 7) is 5.02. The second-order valence-electron chi connectivity index (χ2n) is 4.36. The minimum Gasteiger partial charge on any atom is -0.465 e. The number of halogens is 1. The Kier molecular flexibility index (Phi) is 3.33. The number of ether oxygens (including phenoxy) is 1. The van der Waals surface area contributed by atoms with Crippen molar-refractivity contribution < 1.29 is 13.9 Å². The fraction of sp³-hybridized carbons (Fsp3) is 0.417. The van der Waals surface area contributed by atoms with Crippen LogP contribution in [0.25, 0.3) is 0 Å². The highest BCUT2D eigenvalue weighted by Gasteiger charge is 2.22. The minimum absolute atomic E-state index is 0.304. The van der Waals surface area contributed by atoms with Crippen LogP contribution in [-0.2, 0) is 10.3 Å². The lowest BCUT2D eigenvalue weighted by Crippen LogP contribution is -2.30. The van der Waals surface area contributed by atoms with Crippen molar-refractivity contribution in [2.75, 3.05) is 7.11 Å². The maximum Gasteiger partial charge on any atom is 0.338 e. The van der Waals surface area contributed by atoms with Crippen molar-refractivity contribution in [2.24, 2.45) is 5.73 Å². The van der Waals surface area contributed by atoms with Gasteiger partial charge in [-0.3, -0.25) is 0 Å². The van der Waals surface area contributed by atoms with Crippen LogP contribution in [0, 0.1) is 12.7 Å². The van der Waals surface area contributed by atoms with Crippen LogP contribution in [0.3, 0.4) is 0 Å². The van der Waals surface area contributed by atoms with Gasteiger partial charge in [0, 0.05) is 11.1 Å². The van der Waals surface area contributed by atoms with E-state index in [0.717, 1.165) is 0 Å². The van der Waals surface area contributed by atoms with Crippen molar-refractivity contribution in [3.05, 3.63) is 34.6 Å². The number of carbonyl (C=O) groups is 1. The average Bonchev–Trinajstić information content (AvgIpc) is 2.14. The van der Waals surface area contributed by atoms with Crippen LogP contribution >= 0.6 is 0 Å². The zero-order valence-electron chi connectivity index (χ0n) is 9.93. The Hall–Kier alpha value is -1.42. The van der Waals surface area contributed by atoms with Crippen molar-refractivity contribution >= 4 is 5.97 Å². The first kappa shape index (κ1) is 12.6. The first-order chi connectivity index (χ1) is 7.27. The third-order valence-corrected chi connectivity index (χ3v) is 2.41. The molecule has 0 aliphatic rings. The van der Waals surface area contributed by atoms with Crippen LogP contribution in [-0.4, -0.2) is 13.1 Å². The largest absolute Gasteiger partial charge is 0.465 e. The SMILES string of the molecule is COC(=O)c1cc(C(C)(C)N)c(F)cc1C. The summed E-state index contributed by atoms with van der Waals surface area (Å²) in [5, 5.41) is 0. The molecule has 0 saturated carbocycles. The molecule has 4 heteroatoms. The van der Waals surface area contributed by atoms with Crippen LogP contribution in [0.5, 0.6) is 0 Å².